The standard InChI is InChI=1S/C32H21N5O/c33-20-25-28(21-12-4-1-5-13-21)35-30-27(32(25)24-18-10-11-19-26(24)34-31(32)38)29(22-14-6-2-7-15-22)36-37(30)23-16-8-3-9-17-23/h1-19,35H,(H,34,38). The lowest BCUT2D eigenvalue weighted by atomic mass is 9.66. The van der Waals surface area contributed by atoms with Crippen LogP contribution in [0.4, 0.5) is 11.5 Å². The number of nitriles is 1. The Morgan fingerprint density at radius 3 is 2.03 bits per heavy atom. The number of carbonyl (C=O) groups is 1. The molecule has 1 unspecified atom stereocenters. The highest BCUT2D eigenvalue weighted by Crippen LogP contribution is 2.57. The largest absolute Gasteiger partial charge is 0.338 e. The summed E-state index contributed by atoms with van der Waals surface area (Å²) in [5, 5.41) is 22.5. The van der Waals surface area contributed by atoms with Gasteiger partial charge in [0.15, 0.2) is 0 Å². The third kappa shape index (κ3) is 2.93. The molecule has 0 radical (unpaired) electrons. The summed E-state index contributed by atoms with van der Waals surface area (Å²) in [6, 6.07) is 39.3. The van der Waals surface area contributed by atoms with Crippen molar-refractivity contribution in [1.29, 1.82) is 5.26 Å². The molecular weight excluding hydrogens is 470 g/mol. The highest BCUT2D eigenvalue weighted by atomic mass is 16.2. The van der Waals surface area contributed by atoms with Crippen LogP contribution in [-0.4, -0.2) is 15.7 Å². The van der Waals surface area contributed by atoms with Gasteiger partial charge in [-0.1, -0.05) is 97.1 Å². The van der Waals surface area contributed by atoms with E-state index in [4.69, 9.17) is 5.10 Å². The monoisotopic (exact) mass is 491 g/mol. The summed E-state index contributed by atoms with van der Waals surface area (Å²) in [5.41, 5.74) is 4.77. The van der Waals surface area contributed by atoms with E-state index in [1.165, 1.54) is 0 Å². The molecule has 1 amide bonds. The van der Waals surface area contributed by atoms with Gasteiger partial charge in [-0.2, -0.15) is 10.4 Å². The van der Waals surface area contributed by atoms with Crippen LogP contribution in [0.5, 0.6) is 0 Å². The zero-order valence-electron chi connectivity index (χ0n) is 20.2. The molecule has 2 aliphatic heterocycles. The highest BCUT2D eigenvalue weighted by molar-refractivity contribution is 6.16. The van der Waals surface area contributed by atoms with Gasteiger partial charge in [0.25, 0.3) is 0 Å². The number of anilines is 2. The number of rotatable bonds is 3. The molecule has 1 spiro atoms. The maximum absolute atomic E-state index is 14.3. The van der Waals surface area contributed by atoms with E-state index in [1.807, 2.05) is 120 Å². The van der Waals surface area contributed by atoms with E-state index < -0.39 is 5.41 Å². The Kier molecular flexibility index (Phi) is 4.78. The van der Waals surface area contributed by atoms with Crippen molar-refractivity contribution in [3.63, 3.8) is 0 Å². The molecule has 4 aromatic carbocycles. The van der Waals surface area contributed by atoms with E-state index in [0.717, 1.165) is 22.4 Å². The van der Waals surface area contributed by atoms with Crippen molar-refractivity contribution < 1.29 is 4.79 Å². The van der Waals surface area contributed by atoms with Crippen LogP contribution in [0.1, 0.15) is 16.7 Å². The third-order valence-electron chi connectivity index (χ3n) is 7.27. The fourth-order valence-corrected chi connectivity index (χ4v) is 5.65. The molecule has 5 aromatic rings. The van der Waals surface area contributed by atoms with Crippen molar-refractivity contribution in [3.8, 4) is 23.0 Å². The SMILES string of the molecule is N#CC1=C(c2ccccc2)Nc2c(c(-c3ccccc3)nn2-c2ccccc2)C12C(=O)Nc1ccccc12. The molecule has 6 heteroatoms. The summed E-state index contributed by atoms with van der Waals surface area (Å²) in [5.74, 6) is 0.385. The lowest BCUT2D eigenvalue weighted by Gasteiger charge is -2.35. The van der Waals surface area contributed by atoms with Crippen molar-refractivity contribution in [2.24, 2.45) is 0 Å². The fraction of sp³-hybridized carbons (Fsp3) is 0.0312. The second-order valence-electron chi connectivity index (χ2n) is 9.29. The first-order chi connectivity index (χ1) is 18.7. The number of aromatic nitrogens is 2. The van der Waals surface area contributed by atoms with Gasteiger partial charge in [0.1, 0.15) is 11.2 Å². The Bertz CT molecular complexity index is 1780. The zero-order valence-corrected chi connectivity index (χ0v) is 20.2. The molecule has 1 atom stereocenters. The van der Waals surface area contributed by atoms with Crippen LogP contribution in [0, 0.1) is 11.3 Å². The molecule has 2 N–H and O–H groups in total. The number of hydrogen-bond donors (Lipinski definition) is 2. The number of amides is 1. The second-order valence-corrected chi connectivity index (χ2v) is 9.29. The maximum Gasteiger partial charge on any atom is 0.245 e. The van der Waals surface area contributed by atoms with Gasteiger partial charge in [-0.15, -0.1) is 0 Å². The number of hydrogen-bond acceptors (Lipinski definition) is 4. The molecule has 180 valence electrons. The van der Waals surface area contributed by atoms with Crippen LogP contribution in [0.3, 0.4) is 0 Å². The Hall–Kier alpha value is -5.41. The lowest BCUT2D eigenvalue weighted by Crippen LogP contribution is -2.41. The normalized spacial score (nSPS) is 17.4. The van der Waals surface area contributed by atoms with Gasteiger partial charge in [0.2, 0.25) is 5.91 Å². The Labute approximate surface area is 219 Å². The van der Waals surface area contributed by atoms with E-state index in [9.17, 15) is 10.1 Å². The van der Waals surface area contributed by atoms with E-state index in [0.29, 0.717) is 34.0 Å². The maximum atomic E-state index is 14.3. The summed E-state index contributed by atoms with van der Waals surface area (Å²) in [4.78, 5) is 14.3. The van der Waals surface area contributed by atoms with Crippen LogP contribution >= 0.6 is 0 Å². The Morgan fingerprint density at radius 1 is 0.737 bits per heavy atom. The van der Waals surface area contributed by atoms with Gasteiger partial charge in [0, 0.05) is 22.4 Å². The minimum Gasteiger partial charge on any atom is -0.338 e. The highest BCUT2D eigenvalue weighted by Gasteiger charge is 2.58. The van der Waals surface area contributed by atoms with Gasteiger partial charge < -0.3 is 10.6 Å². The first-order valence-electron chi connectivity index (χ1n) is 12.4. The lowest BCUT2D eigenvalue weighted by molar-refractivity contribution is -0.118. The predicted molar refractivity (Wildman–Crippen MR) is 147 cm³/mol. The first-order valence-corrected chi connectivity index (χ1v) is 12.4. The van der Waals surface area contributed by atoms with Crippen molar-refractivity contribution in [2.75, 3.05) is 10.6 Å². The van der Waals surface area contributed by atoms with Crippen LogP contribution in [0.2, 0.25) is 0 Å². The number of para-hydroxylation sites is 2. The molecule has 0 fully saturated rings. The Morgan fingerprint density at radius 2 is 1.34 bits per heavy atom. The van der Waals surface area contributed by atoms with Crippen LogP contribution < -0.4 is 10.6 Å². The predicted octanol–water partition coefficient (Wildman–Crippen LogP) is 6.14. The third-order valence-corrected chi connectivity index (χ3v) is 7.27. The molecular formula is C32H21N5O. The number of fused-ring (bicyclic) bond motifs is 4. The Balaban J connectivity index is 1.66. The van der Waals surface area contributed by atoms with E-state index in [-0.39, 0.29) is 5.91 Å². The molecule has 0 bridgehead atoms. The summed E-state index contributed by atoms with van der Waals surface area (Å²) >= 11 is 0. The molecule has 0 saturated carbocycles. The van der Waals surface area contributed by atoms with Crippen molar-refractivity contribution >= 4 is 23.1 Å². The minimum absolute atomic E-state index is 0.267. The van der Waals surface area contributed by atoms with E-state index in [1.54, 1.807) is 0 Å². The average molecular weight is 492 g/mol. The first kappa shape index (κ1) is 21.8. The summed E-state index contributed by atoms with van der Waals surface area (Å²) in [6.45, 7) is 0. The zero-order chi connectivity index (χ0) is 25.7. The van der Waals surface area contributed by atoms with E-state index >= 15 is 0 Å². The molecule has 2 aliphatic rings. The average Bonchev–Trinajstić information content (AvgIpc) is 3.50. The van der Waals surface area contributed by atoms with Crippen LogP contribution in [-0.2, 0) is 10.2 Å². The van der Waals surface area contributed by atoms with E-state index in [2.05, 4.69) is 16.7 Å². The van der Waals surface area contributed by atoms with Gasteiger partial charge in [0.05, 0.1) is 28.7 Å². The molecule has 0 saturated heterocycles. The van der Waals surface area contributed by atoms with Crippen molar-refractivity contribution in [1.82, 2.24) is 9.78 Å². The summed E-state index contributed by atoms with van der Waals surface area (Å²) in [6.07, 6.45) is 0. The van der Waals surface area contributed by atoms with Crippen molar-refractivity contribution in [3.05, 3.63) is 138 Å². The molecule has 38 heavy (non-hydrogen) atoms. The topological polar surface area (TPSA) is 82.7 Å². The van der Waals surface area contributed by atoms with Crippen LogP contribution in [0.15, 0.2) is 121 Å². The van der Waals surface area contributed by atoms with Gasteiger partial charge in [-0.3, -0.25) is 4.79 Å². The van der Waals surface area contributed by atoms with Crippen LogP contribution in [0.25, 0.3) is 22.6 Å². The molecule has 3 heterocycles. The van der Waals surface area contributed by atoms with Gasteiger partial charge >= 0.3 is 0 Å². The second kappa shape index (κ2) is 8.32. The van der Waals surface area contributed by atoms with Gasteiger partial charge in [-0.25, -0.2) is 4.68 Å². The summed E-state index contributed by atoms with van der Waals surface area (Å²) < 4.78 is 1.84. The number of nitrogens with one attached hydrogen (secondary N) is 2. The smallest absolute Gasteiger partial charge is 0.245 e. The molecule has 6 nitrogen and oxygen atoms in total. The van der Waals surface area contributed by atoms with Crippen molar-refractivity contribution in [2.45, 2.75) is 5.41 Å². The molecule has 1 aromatic heterocycles. The molecule has 0 aliphatic carbocycles. The van der Waals surface area contributed by atoms with Gasteiger partial charge in [-0.05, 0) is 23.8 Å². The molecule has 7 rings (SSSR count). The quantitative estimate of drug-likeness (QED) is 0.318. The number of benzene rings is 4. The minimum atomic E-state index is -1.39. The fourth-order valence-electron chi connectivity index (χ4n) is 5.65. The number of nitrogens with zero attached hydrogens (tertiary/aromatic N) is 3. The summed E-state index contributed by atoms with van der Waals surface area (Å²) in [7, 11) is 0. The number of carbonyl (C=O) groups excluding carboxylic acids is 1.